The normalized spacial score (nSPS) is 25.0. The highest BCUT2D eigenvalue weighted by Crippen LogP contribution is 2.68. The zero-order valence-electron chi connectivity index (χ0n) is 21.0. The van der Waals surface area contributed by atoms with Crippen LogP contribution in [0.1, 0.15) is 22.9 Å². The third kappa shape index (κ3) is 2.74. The Morgan fingerprint density at radius 1 is 0.700 bits per heavy atom. The summed E-state index contributed by atoms with van der Waals surface area (Å²) >= 11 is 0. The number of nitrogens with zero attached hydrogens (tertiary/aromatic N) is 2. The van der Waals surface area contributed by atoms with E-state index >= 15 is 0 Å². The highest BCUT2D eigenvalue weighted by molar-refractivity contribution is 7.90. The summed E-state index contributed by atoms with van der Waals surface area (Å²) in [7, 11) is -4.08. The van der Waals surface area contributed by atoms with Gasteiger partial charge in [0.05, 0.1) is 33.6 Å². The first kappa shape index (κ1) is 23.4. The number of aromatic nitrogens is 1. The summed E-state index contributed by atoms with van der Waals surface area (Å²) in [5, 5.41) is 0.681. The Hall–Kier alpha value is -4.53. The number of hydrogen-bond acceptors (Lipinski definition) is 5. The number of ether oxygens (including phenoxy) is 1. The maximum Gasteiger partial charge on any atom is 0.268 e. The molecule has 8 heteroatoms. The lowest BCUT2D eigenvalue weighted by Gasteiger charge is -2.32. The van der Waals surface area contributed by atoms with E-state index in [-0.39, 0.29) is 16.7 Å². The van der Waals surface area contributed by atoms with Crippen molar-refractivity contribution in [3.63, 3.8) is 0 Å². The minimum atomic E-state index is -4.08. The number of amides is 2. The van der Waals surface area contributed by atoms with Crippen LogP contribution in [0.3, 0.4) is 0 Å². The van der Waals surface area contributed by atoms with E-state index in [9.17, 15) is 18.0 Å². The summed E-state index contributed by atoms with van der Waals surface area (Å²) in [4.78, 5) is 29.7. The second kappa shape index (κ2) is 8.00. The molecule has 0 aliphatic carbocycles. The lowest BCUT2D eigenvalue weighted by Crippen LogP contribution is -2.41. The van der Waals surface area contributed by atoms with Crippen molar-refractivity contribution in [1.82, 2.24) is 3.97 Å². The molecule has 2 bridgehead atoms. The molecular weight excluding hydrogens is 524 g/mol. The molecule has 2 amide bonds. The Bertz CT molecular complexity index is 1950. The molecule has 7 nitrogen and oxygen atoms in total. The van der Waals surface area contributed by atoms with Crippen molar-refractivity contribution in [3.8, 4) is 0 Å². The van der Waals surface area contributed by atoms with Crippen molar-refractivity contribution in [1.29, 1.82) is 0 Å². The molecule has 196 valence electrons. The number of imide groups is 1. The van der Waals surface area contributed by atoms with Crippen molar-refractivity contribution in [2.75, 3.05) is 4.90 Å². The van der Waals surface area contributed by atoms with Crippen molar-refractivity contribution in [2.24, 2.45) is 11.8 Å². The van der Waals surface area contributed by atoms with Gasteiger partial charge in [0.15, 0.2) is 0 Å². The van der Waals surface area contributed by atoms with Gasteiger partial charge in [0.25, 0.3) is 10.0 Å². The number of hydrogen-bond donors (Lipinski definition) is 0. The van der Waals surface area contributed by atoms with Crippen LogP contribution in [0.4, 0.5) is 5.69 Å². The molecule has 40 heavy (non-hydrogen) atoms. The summed E-state index contributed by atoms with van der Waals surface area (Å²) in [5.74, 6) is -2.46. The average Bonchev–Trinajstić information content (AvgIpc) is 3.70. The SMILES string of the molecule is O=C1[C@H]2[C@@H](C(=O)N1c1ccccc1)[C@]1(c3ccccc3)O[C@H]2c2c1c1ccccc1n2S(=O)(=O)c1ccccc1. The van der Waals surface area contributed by atoms with Gasteiger partial charge in [-0.05, 0) is 35.9 Å². The number of anilines is 1. The fourth-order valence-electron chi connectivity index (χ4n) is 6.96. The van der Waals surface area contributed by atoms with Crippen LogP contribution in [0.5, 0.6) is 0 Å². The average molecular weight is 547 g/mol. The molecule has 0 N–H and O–H groups in total. The van der Waals surface area contributed by atoms with Crippen LogP contribution in [-0.2, 0) is 30.0 Å². The highest BCUT2D eigenvalue weighted by atomic mass is 32.2. The van der Waals surface area contributed by atoms with Gasteiger partial charge in [0.1, 0.15) is 11.7 Å². The predicted octanol–water partition coefficient (Wildman–Crippen LogP) is 5.01. The standard InChI is InChI=1S/C32H22N2O5S/c35-30-25-27(31(36)33(30)21-14-6-2-7-15-21)32(20-12-4-1-5-13-20)26-23-18-10-11-19-24(23)34(28(26)29(25)39-32)40(37,38)22-16-8-3-9-17-22/h1-19,25,27,29H/t25-,27-,29+,32+/m0/s1. The summed E-state index contributed by atoms with van der Waals surface area (Å²) in [6, 6.07) is 33.7. The maximum absolute atomic E-state index is 14.3. The molecule has 4 atom stereocenters. The van der Waals surface area contributed by atoms with Crippen molar-refractivity contribution in [2.45, 2.75) is 16.6 Å². The third-order valence-electron chi connectivity index (χ3n) is 8.43. The number of carbonyl (C=O) groups excluding carboxylic acids is 2. The molecule has 4 aromatic carbocycles. The summed E-state index contributed by atoms with van der Waals surface area (Å²) in [6.07, 6.45) is -0.934. The molecule has 0 spiro atoms. The minimum absolute atomic E-state index is 0.131. The first-order chi connectivity index (χ1) is 19.5. The van der Waals surface area contributed by atoms with Gasteiger partial charge in [-0.3, -0.25) is 9.59 Å². The van der Waals surface area contributed by atoms with E-state index in [1.807, 2.05) is 48.5 Å². The molecule has 4 heterocycles. The van der Waals surface area contributed by atoms with Crippen molar-refractivity contribution in [3.05, 3.63) is 132 Å². The second-order valence-electron chi connectivity index (χ2n) is 10.4. The number of fused-ring (bicyclic) bond motifs is 10. The zero-order valence-corrected chi connectivity index (χ0v) is 21.9. The van der Waals surface area contributed by atoms with Gasteiger partial charge in [0, 0.05) is 10.9 Å². The van der Waals surface area contributed by atoms with E-state index in [0.29, 0.717) is 33.4 Å². The first-order valence-electron chi connectivity index (χ1n) is 13.1. The Morgan fingerprint density at radius 3 is 2.00 bits per heavy atom. The fourth-order valence-corrected chi connectivity index (χ4v) is 8.54. The van der Waals surface area contributed by atoms with E-state index in [0.717, 1.165) is 0 Å². The molecular formula is C32H22N2O5S. The maximum atomic E-state index is 14.3. The van der Waals surface area contributed by atoms with E-state index in [4.69, 9.17) is 4.74 Å². The number of para-hydroxylation sites is 2. The molecule has 3 aliphatic rings. The smallest absolute Gasteiger partial charge is 0.268 e. The quantitative estimate of drug-likeness (QED) is 0.296. The van der Waals surface area contributed by atoms with E-state index < -0.39 is 33.6 Å². The van der Waals surface area contributed by atoms with E-state index in [2.05, 4.69) is 0 Å². The van der Waals surface area contributed by atoms with Crippen LogP contribution >= 0.6 is 0 Å². The molecule has 2 saturated heterocycles. The third-order valence-corrected chi connectivity index (χ3v) is 10.2. The van der Waals surface area contributed by atoms with Gasteiger partial charge in [-0.1, -0.05) is 84.9 Å². The molecule has 5 aromatic rings. The Morgan fingerprint density at radius 2 is 1.30 bits per heavy atom. The topological polar surface area (TPSA) is 85.7 Å². The van der Waals surface area contributed by atoms with Gasteiger partial charge in [-0.25, -0.2) is 17.3 Å². The lowest BCUT2D eigenvalue weighted by molar-refractivity contribution is -0.127. The van der Waals surface area contributed by atoms with Crippen LogP contribution in [0, 0.1) is 11.8 Å². The number of rotatable bonds is 4. The Balaban J connectivity index is 1.46. The van der Waals surface area contributed by atoms with Crippen LogP contribution in [0.2, 0.25) is 0 Å². The molecule has 3 aliphatic heterocycles. The van der Waals surface area contributed by atoms with Crippen molar-refractivity contribution < 1.29 is 22.7 Å². The largest absolute Gasteiger partial charge is 0.354 e. The molecule has 0 radical (unpaired) electrons. The molecule has 0 saturated carbocycles. The monoisotopic (exact) mass is 546 g/mol. The van der Waals surface area contributed by atoms with Crippen LogP contribution in [0.15, 0.2) is 120 Å². The molecule has 2 fully saturated rings. The van der Waals surface area contributed by atoms with E-state index in [1.54, 1.807) is 66.7 Å². The van der Waals surface area contributed by atoms with Gasteiger partial charge < -0.3 is 4.74 Å². The predicted molar refractivity (Wildman–Crippen MR) is 148 cm³/mol. The summed E-state index contributed by atoms with van der Waals surface area (Å²) < 4.78 is 36.6. The van der Waals surface area contributed by atoms with Gasteiger partial charge in [-0.2, -0.15) is 0 Å². The first-order valence-corrected chi connectivity index (χ1v) is 14.5. The van der Waals surface area contributed by atoms with Gasteiger partial charge in [0.2, 0.25) is 11.8 Å². The number of carbonyl (C=O) groups is 2. The van der Waals surface area contributed by atoms with Gasteiger partial charge in [-0.15, -0.1) is 0 Å². The van der Waals surface area contributed by atoms with Gasteiger partial charge >= 0.3 is 0 Å². The molecule has 0 unspecified atom stereocenters. The zero-order chi connectivity index (χ0) is 27.2. The molecule has 8 rings (SSSR count). The van der Waals surface area contributed by atoms with Crippen LogP contribution in [0.25, 0.3) is 10.9 Å². The highest BCUT2D eigenvalue weighted by Gasteiger charge is 2.74. The molecule has 1 aromatic heterocycles. The van der Waals surface area contributed by atoms with E-state index in [1.165, 1.54) is 8.87 Å². The number of benzene rings is 4. The second-order valence-corrected chi connectivity index (χ2v) is 12.1. The summed E-state index contributed by atoms with van der Waals surface area (Å²) in [6.45, 7) is 0. The van der Waals surface area contributed by atoms with Crippen molar-refractivity contribution >= 4 is 38.4 Å². The van der Waals surface area contributed by atoms with Crippen LogP contribution in [-0.4, -0.2) is 24.2 Å². The van der Waals surface area contributed by atoms with Crippen LogP contribution < -0.4 is 4.90 Å². The summed E-state index contributed by atoms with van der Waals surface area (Å²) in [5.41, 5.74) is 1.40. The Labute approximate surface area is 230 Å². The minimum Gasteiger partial charge on any atom is -0.354 e. The lowest BCUT2D eigenvalue weighted by atomic mass is 9.68. The Kier molecular flexibility index (Phi) is 4.67. The fraction of sp³-hybridized carbons (Fsp3) is 0.125.